The largest absolute Gasteiger partial charge is 0.469 e. The SMILES string of the molecule is COC(=O)CC(=O)c1ccsc1NC(=O)c1nc2c(s1)CCCC2=O. The van der Waals surface area contributed by atoms with Gasteiger partial charge in [0.1, 0.15) is 17.1 Å². The third kappa shape index (κ3) is 3.67. The van der Waals surface area contributed by atoms with Crippen LogP contribution in [0.25, 0.3) is 0 Å². The normalized spacial score (nSPS) is 13.2. The maximum Gasteiger partial charge on any atom is 0.313 e. The average molecular weight is 378 g/mol. The number of aryl methyl sites for hydroxylation is 1. The number of methoxy groups -OCH3 is 1. The molecule has 2 aromatic rings. The van der Waals surface area contributed by atoms with E-state index in [1.165, 1.54) is 29.8 Å². The first-order valence-corrected chi connectivity index (χ1v) is 9.21. The molecule has 1 N–H and O–H groups in total. The fraction of sp³-hybridized carbons (Fsp3) is 0.312. The van der Waals surface area contributed by atoms with Crippen molar-refractivity contribution in [1.29, 1.82) is 0 Å². The number of ketones is 2. The lowest BCUT2D eigenvalue weighted by molar-refractivity contribution is -0.139. The highest BCUT2D eigenvalue weighted by Gasteiger charge is 2.25. The van der Waals surface area contributed by atoms with E-state index in [2.05, 4.69) is 15.0 Å². The van der Waals surface area contributed by atoms with Crippen LogP contribution in [0.15, 0.2) is 11.4 Å². The summed E-state index contributed by atoms with van der Waals surface area (Å²) in [6.07, 6.45) is 1.57. The molecular formula is C16H14N2O5S2. The summed E-state index contributed by atoms with van der Waals surface area (Å²) in [7, 11) is 1.21. The van der Waals surface area contributed by atoms with E-state index in [0.29, 0.717) is 17.1 Å². The number of carbonyl (C=O) groups excluding carboxylic acids is 4. The highest BCUT2D eigenvalue weighted by atomic mass is 32.1. The predicted molar refractivity (Wildman–Crippen MR) is 92.6 cm³/mol. The minimum absolute atomic E-state index is 0.0402. The van der Waals surface area contributed by atoms with Crippen LogP contribution in [0.5, 0.6) is 0 Å². The molecule has 3 rings (SSSR count). The Bertz CT molecular complexity index is 868. The molecule has 2 aromatic heterocycles. The third-order valence-corrected chi connectivity index (χ3v) is 5.63. The van der Waals surface area contributed by atoms with Crippen molar-refractivity contribution in [2.45, 2.75) is 25.7 Å². The number of esters is 1. The number of aromatic nitrogens is 1. The summed E-state index contributed by atoms with van der Waals surface area (Å²) < 4.78 is 4.48. The van der Waals surface area contributed by atoms with Gasteiger partial charge in [-0.2, -0.15) is 0 Å². The highest BCUT2D eigenvalue weighted by Crippen LogP contribution is 2.29. The fourth-order valence-corrected chi connectivity index (χ4v) is 4.26. The van der Waals surface area contributed by atoms with E-state index in [1.807, 2.05) is 0 Å². The number of Topliss-reactive ketones (excluding diaryl/α,β-unsaturated/α-hetero) is 2. The first-order valence-electron chi connectivity index (χ1n) is 7.51. The molecule has 1 amide bonds. The van der Waals surface area contributed by atoms with Gasteiger partial charge in [-0.3, -0.25) is 19.2 Å². The molecule has 1 aliphatic rings. The van der Waals surface area contributed by atoms with Crippen molar-refractivity contribution >= 4 is 51.1 Å². The molecule has 25 heavy (non-hydrogen) atoms. The van der Waals surface area contributed by atoms with Crippen molar-refractivity contribution in [2.24, 2.45) is 0 Å². The summed E-state index contributed by atoms with van der Waals surface area (Å²) in [4.78, 5) is 52.6. The van der Waals surface area contributed by atoms with Crippen LogP contribution in [-0.4, -0.2) is 35.5 Å². The van der Waals surface area contributed by atoms with Gasteiger partial charge in [-0.1, -0.05) is 0 Å². The van der Waals surface area contributed by atoms with Gasteiger partial charge in [0.25, 0.3) is 5.91 Å². The Morgan fingerprint density at radius 3 is 2.84 bits per heavy atom. The van der Waals surface area contributed by atoms with Crippen molar-refractivity contribution in [3.8, 4) is 0 Å². The Morgan fingerprint density at radius 2 is 2.12 bits per heavy atom. The monoisotopic (exact) mass is 378 g/mol. The molecule has 130 valence electrons. The number of thiophene rings is 1. The van der Waals surface area contributed by atoms with Gasteiger partial charge < -0.3 is 10.1 Å². The number of anilines is 1. The van der Waals surface area contributed by atoms with Crippen LogP contribution in [0.4, 0.5) is 5.00 Å². The molecule has 1 aliphatic carbocycles. The van der Waals surface area contributed by atoms with Gasteiger partial charge in [0.05, 0.1) is 12.7 Å². The van der Waals surface area contributed by atoms with E-state index >= 15 is 0 Å². The first kappa shape index (κ1) is 17.4. The van der Waals surface area contributed by atoms with E-state index in [4.69, 9.17) is 0 Å². The molecular weight excluding hydrogens is 364 g/mol. The number of fused-ring (bicyclic) bond motifs is 1. The Balaban J connectivity index is 1.76. The number of nitrogens with one attached hydrogen (secondary N) is 1. The molecule has 9 heteroatoms. The molecule has 0 aromatic carbocycles. The number of thiazole rings is 1. The molecule has 0 fully saturated rings. The highest BCUT2D eigenvalue weighted by molar-refractivity contribution is 7.15. The zero-order chi connectivity index (χ0) is 18.0. The minimum atomic E-state index is -0.639. The van der Waals surface area contributed by atoms with Crippen molar-refractivity contribution in [1.82, 2.24) is 4.98 Å². The molecule has 0 bridgehead atoms. The predicted octanol–water partition coefficient (Wildman–Crippen LogP) is 2.72. The molecule has 0 radical (unpaired) electrons. The zero-order valence-corrected chi connectivity index (χ0v) is 14.9. The maximum atomic E-state index is 12.4. The third-order valence-electron chi connectivity index (χ3n) is 3.69. The van der Waals surface area contributed by atoms with E-state index in [-0.39, 0.29) is 16.4 Å². The lowest BCUT2D eigenvalue weighted by Crippen LogP contribution is -2.15. The Kier molecular flexibility index (Phi) is 5.05. The van der Waals surface area contributed by atoms with Crippen LogP contribution in [0, 0.1) is 0 Å². The minimum Gasteiger partial charge on any atom is -0.469 e. The number of carbonyl (C=O) groups is 4. The van der Waals surface area contributed by atoms with E-state index in [0.717, 1.165) is 17.7 Å². The van der Waals surface area contributed by atoms with E-state index < -0.39 is 24.1 Å². The standard InChI is InChI=1S/C16H14N2O5S2/c1-23-12(21)7-10(20)8-5-6-24-15(8)18-14(22)16-17-13-9(19)3-2-4-11(13)25-16/h5-6H,2-4,7H2,1H3,(H,18,22). The number of hydrogen-bond donors (Lipinski definition) is 1. The molecule has 2 heterocycles. The summed E-state index contributed by atoms with van der Waals surface area (Å²) in [6.45, 7) is 0. The zero-order valence-electron chi connectivity index (χ0n) is 13.3. The second-order valence-electron chi connectivity index (χ2n) is 5.36. The lowest BCUT2D eigenvalue weighted by atomic mass is 10.0. The van der Waals surface area contributed by atoms with Crippen LogP contribution in [-0.2, 0) is 16.0 Å². The molecule has 0 saturated carbocycles. The molecule has 0 unspecified atom stereocenters. The van der Waals surface area contributed by atoms with Gasteiger partial charge in [0, 0.05) is 11.3 Å². The summed E-state index contributed by atoms with van der Waals surface area (Å²) in [5.74, 6) is -1.58. The smallest absolute Gasteiger partial charge is 0.313 e. The first-order chi connectivity index (χ1) is 12.0. The summed E-state index contributed by atoms with van der Waals surface area (Å²) in [5, 5.41) is 4.84. The summed E-state index contributed by atoms with van der Waals surface area (Å²) in [6, 6.07) is 1.54. The fourth-order valence-electron chi connectivity index (χ4n) is 2.44. The van der Waals surface area contributed by atoms with Gasteiger partial charge in [-0.15, -0.1) is 22.7 Å². The number of ether oxygens (including phenoxy) is 1. The maximum absolute atomic E-state index is 12.4. The molecule has 7 nitrogen and oxygen atoms in total. The molecule has 0 saturated heterocycles. The average Bonchev–Trinajstić information content (AvgIpc) is 3.22. The number of rotatable bonds is 5. The van der Waals surface area contributed by atoms with Crippen molar-refractivity contribution < 1.29 is 23.9 Å². The van der Waals surface area contributed by atoms with Crippen LogP contribution >= 0.6 is 22.7 Å². The van der Waals surface area contributed by atoms with Gasteiger partial charge in [-0.05, 0) is 24.3 Å². The van der Waals surface area contributed by atoms with Gasteiger partial charge in [-0.25, -0.2) is 4.98 Å². The quantitative estimate of drug-likeness (QED) is 0.487. The number of hydrogen-bond acceptors (Lipinski definition) is 8. The second-order valence-corrected chi connectivity index (χ2v) is 7.36. The van der Waals surface area contributed by atoms with E-state index in [1.54, 1.807) is 11.4 Å². The Labute approximate surface area is 151 Å². The topological polar surface area (TPSA) is 102 Å². The van der Waals surface area contributed by atoms with Crippen LogP contribution in [0.3, 0.4) is 0 Å². The summed E-state index contributed by atoms with van der Waals surface area (Å²) in [5.41, 5.74) is 0.635. The lowest BCUT2D eigenvalue weighted by Gasteiger charge is -2.06. The molecule has 0 atom stereocenters. The summed E-state index contributed by atoms with van der Waals surface area (Å²) >= 11 is 2.38. The second kappa shape index (κ2) is 7.24. The van der Waals surface area contributed by atoms with Crippen molar-refractivity contribution in [3.63, 3.8) is 0 Å². The number of nitrogens with zero attached hydrogens (tertiary/aromatic N) is 1. The van der Waals surface area contributed by atoms with Gasteiger partial charge >= 0.3 is 5.97 Å². The van der Waals surface area contributed by atoms with Gasteiger partial charge in [0.2, 0.25) is 0 Å². The van der Waals surface area contributed by atoms with Crippen LogP contribution in [0.1, 0.15) is 54.8 Å². The van der Waals surface area contributed by atoms with Crippen LogP contribution in [0.2, 0.25) is 0 Å². The molecule has 0 spiro atoms. The Morgan fingerprint density at radius 1 is 1.32 bits per heavy atom. The van der Waals surface area contributed by atoms with Crippen molar-refractivity contribution in [3.05, 3.63) is 32.6 Å². The van der Waals surface area contributed by atoms with Crippen molar-refractivity contribution in [2.75, 3.05) is 12.4 Å². The Hall–Kier alpha value is -2.39. The van der Waals surface area contributed by atoms with Gasteiger partial charge in [0.15, 0.2) is 16.6 Å². The number of amides is 1. The molecule has 0 aliphatic heterocycles. The van der Waals surface area contributed by atoms with Crippen LogP contribution < -0.4 is 5.32 Å². The van der Waals surface area contributed by atoms with E-state index in [9.17, 15) is 19.2 Å².